The third-order valence-electron chi connectivity index (χ3n) is 4.49. The number of aliphatic hydroxyl groups is 1. The third-order valence-corrected chi connectivity index (χ3v) is 4.49. The quantitative estimate of drug-likeness (QED) is 0.805. The lowest BCUT2D eigenvalue weighted by molar-refractivity contribution is -0.283. The number of hydrogen-bond donors (Lipinski definition) is 2. The molecule has 0 bridgehead atoms. The summed E-state index contributed by atoms with van der Waals surface area (Å²) in [5.74, 6) is -0.831. The first-order chi connectivity index (χ1) is 12.7. The lowest BCUT2D eigenvalue weighted by Crippen LogP contribution is -2.60. The maximum atomic E-state index is 13.5. The molecular formula is C17H19F3N2O5. The molecule has 0 radical (unpaired) electrons. The highest BCUT2D eigenvalue weighted by Crippen LogP contribution is 2.45. The summed E-state index contributed by atoms with van der Waals surface area (Å²) in [6, 6.07) is 2.44. The number of methoxy groups -OCH3 is 3. The van der Waals surface area contributed by atoms with Gasteiger partial charge in [0.05, 0.1) is 21.3 Å². The summed E-state index contributed by atoms with van der Waals surface area (Å²) < 4.78 is 56.0. The molecule has 0 aromatic heterocycles. The molecule has 1 unspecified atom stereocenters. The van der Waals surface area contributed by atoms with Crippen molar-refractivity contribution in [1.29, 1.82) is 0 Å². The first-order valence-corrected chi connectivity index (χ1v) is 8.09. The van der Waals surface area contributed by atoms with Crippen LogP contribution >= 0.6 is 0 Å². The molecule has 1 heterocycles. The Hall–Kier alpha value is -2.62. The number of alkyl halides is 3. The fraction of sp³-hybridized carbons (Fsp3) is 0.471. The Kier molecular flexibility index (Phi) is 4.62. The first kappa shape index (κ1) is 19.2. The molecular weight excluding hydrogens is 369 g/mol. The molecule has 0 spiro atoms. The Morgan fingerprint density at radius 3 is 2.15 bits per heavy atom. The average Bonchev–Trinajstić information content (AvgIpc) is 3.41. The maximum absolute atomic E-state index is 13.5. The molecule has 7 nitrogen and oxygen atoms in total. The Labute approximate surface area is 153 Å². The van der Waals surface area contributed by atoms with Gasteiger partial charge >= 0.3 is 6.18 Å². The third kappa shape index (κ3) is 3.14. The van der Waals surface area contributed by atoms with Gasteiger partial charge in [-0.3, -0.25) is 10.2 Å². The minimum absolute atomic E-state index is 0.102. The second-order valence-corrected chi connectivity index (χ2v) is 6.26. The lowest BCUT2D eigenvalue weighted by atomic mass is 10.1. The Bertz CT molecular complexity index is 766. The van der Waals surface area contributed by atoms with Gasteiger partial charge in [0.2, 0.25) is 5.75 Å². The van der Waals surface area contributed by atoms with E-state index in [1.165, 1.54) is 33.5 Å². The molecule has 1 saturated carbocycles. The number of carbonyl (C=O) groups excluding carboxylic acids is 1. The summed E-state index contributed by atoms with van der Waals surface area (Å²) in [6.45, 7) is 0. The Morgan fingerprint density at radius 2 is 1.74 bits per heavy atom. The molecule has 10 heteroatoms. The van der Waals surface area contributed by atoms with Crippen molar-refractivity contribution in [3.05, 3.63) is 29.5 Å². The highest BCUT2D eigenvalue weighted by atomic mass is 19.4. The highest BCUT2D eigenvalue weighted by Gasteiger charge is 2.62. The van der Waals surface area contributed by atoms with Crippen molar-refractivity contribution in [1.82, 2.24) is 10.4 Å². The van der Waals surface area contributed by atoms with Crippen LogP contribution in [-0.4, -0.2) is 49.3 Å². The minimum atomic E-state index is -5.09. The fourth-order valence-electron chi connectivity index (χ4n) is 2.88. The zero-order valence-corrected chi connectivity index (χ0v) is 14.9. The van der Waals surface area contributed by atoms with E-state index in [4.69, 9.17) is 14.2 Å². The summed E-state index contributed by atoms with van der Waals surface area (Å²) >= 11 is 0. The summed E-state index contributed by atoms with van der Waals surface area (Å²) in [7, 11) is 4.00. The zero-order chi connectivity index (χ0) is 20.0. The molecule has 1 aromatic rings. The Balaban J connectivity index is 2.02. The van der Waals surface area contributed by atoms with Crippen LogP contribution in [0.5, 0.6) is 17.2 Å². The van der Waals surface area contributed by atoms with Crippen molar-refractivity contribution in [2.24, 2.45) is 5.92 Å². The van der Waals surface area contributed by atoms with Crippen molar-refractivity contribution >= 4 is 5.91 Å². The van der Waals surface area contributed by atoms with E-state index >= 15 is 0 Å². The van der Waals surface area contributed by atoms with E-state index in [0.29, 0.717) is 18.9 Å². The summed E-state index contributed by atoms with van der Waals surface area (Å²) in [5.41, 5.74) is -1.04. The number of amides is 1. The lowest BCUT2D eigenvalue weighted by Gasteiger charge is -2.34. The van der Waals surface area contributed by atoms with Crippen LogP contribution in [0, 0.1) is 5.92 Å². The topological polar surface area (TPSA) is 80.3 Å². The molecule has 3 rings (SSSR count). The largest absolute Gasteiger partial charge is 0.493 e. The predicted octanol–water partition coefficient (Wildman–Crippen LogP) is 2.22. The van der Waals surface area contributed by atoms with Gasteiger partial charge in [-0.15, -0.1) is 0 Å². The molecule has 1 atom stereocenters. The van der Waals surface area contributed by atoms with Gasteiger partial charge in [-0.2, -0.15) is 13.2 Å². The van der Waals surface area contributed by atoms with Crippen molar-refractivity contribution < 1.29 is 37.3 Å². The number of carbonyl (C=O) groups is 1. The molecule has 1 amide bonds. The van der Waals surface area contributed by atoms with Crippen LogP contribution in [0.4, 0.5) is 13.2 Å². The van der Waals surface area contributed by atoms with Gasteiger partial charge in [0.1, 0.15) is 0 Å². The van der Waals surface area contributed by atoms with E-state index in [0.717, 1.165) is 0 Å². The van der Waals surface area contributed by atoms with Crippen molar-refractivity contribution in [2.45, 2.75) is 24.7 Å². The molecule has 1 aromatic carbocycles. The predicted molar refractivity (Wildman–Crippen MR) is 87.2 cm³/mol. The van der Waals surface area contributed by atoms with E-state index in [1.54, 1.807) is 0 Å². The highest BCUT2D eigenvalue weighted by molar-refractivity contribution is 5.96. The SMILES string of the molecule is COc1cc(C(=O)N2NC(C3CC3)=CC2(O)C(F)(F)F)cc(OC)c1OC. The number of hydrogen-bond acceptors (Lipinski definition) is 6. The maximum Gasteiger partial charge on any atom is 0.442 e. The Morgan fingerprint density at radius 1 is 1.19 bits per heavy atom. The van der Waals surface area contributed by atoms with Gasteiger partial charge in [-0.1, -0.05) is 0 Å². The minimum Gasteiger partial charge on any atom is -0.493 e. The molecule has 2 aliphatic rings. The number of benzene rings is 1. The summed E-state index contributed by atoms with van der Waals surface area (Å²) in [5, 5.41) is 10.5. The van der Waals surface area contributed by atoms with Gasteiger partial charge in [0.15, 0.2) is 11.5 Å². The van der Waals surface area contributed by atoms with E-state index < -0.39 is 17.8 Å². The average molecular weight is 388 g/mol. The number of hydrazine groups is 1. The number of nitrogens with one attached hydrogen (secondary N) is 1. The summed E-state index contributed by atoms with van der Waals surface area (Å²) in [4.78, 5) is 12.9. The van der Waals surface area contributed by atoms with E-state index in [-0.39, 0.29) is 39.4 Å². The van der Waals surface area contributed by atoms with Crippen LogP contribution in [0.3, 0.4) is 0 Å². The number of allylic oxidation sites excluding steroid dienone is 1. The smallest absolute Gasteiger partial charge is 0.442 e. The second kappa shape index (κ2) is 6.52. The summed E-state index contributed by atoms with van der Waals surface area (Å²) in [6.07, 6.45) is -3.05. The number of ether oxygens (including phenoxy) is 3. The van der Waals surface area contributed by atoms with Crippen LogP contribution in [0.15, 0.2) is 23.9 Å². The van der Waals surface area contributed by atoms with Crippen molar-refractivity contribution in [3.8, 4) is 17.2 Å². The first-order valence-electron chi connectivity index (χ1n) is 8.09. The standard InChI is InChI=1S/C17H19F3N2O5/c1-25-12-6-10(7-13(26-2)14(12)27-3)15(23)22-16(24,17(18,19)20)8-11(21-22)9-4-5-9/h6-9,21,24H,4-5H2,1-3H3. The van der Waals surface area contributed by atoms with Gasteiger partial charge in [-0.05, 0) is 25.0 Å². The van der Waals surface area contributed by atoms with Gasteiger partial charge < -0.3 is 19.3 Å². The van der Waals surface area contributed by atoms with Gasteiger partial charge in [0, 0.05) is 23.3 Å². The van der Waals surface area contributed by atoms with E-state index in [1.807, 2.05) is 0 Å². The molecule has 1 fully saturated rings. The normalized spacial score (nSPS) is 22.2. The van der Waals surface area contributed by atoms with Crippen LogP contribution < -0.4 is 19.6 Å². The van der Waals surface area contributed by atoms with Gasteiger partial charge in [-0.25, -0.2) is 5.01 Å². The molecule has 1 aliphatic heterocycles. The second-order valence-electron chi connectivity index (χ2n) is 6.26. The number of nitrogens with zero attached hydrogens (tertiary/aromatic N) is 1. The zero-order valence-electron chi connectivity index (χ0n) is 14.9. The van der Waals surface area contributed by atoms with Crippen LogP contribution in [-0.2, 0) is 0 Å². The van der Waals surface area contributed by atoms with Crippen molar-refractivity contribution in [3.63, 3.8) is 0 Å². The van der Waals surface area contributed by atoms with E-state index in [2.05, 4.69) is 5.43 Å². The van der Waals surface area contributed by atoms with E-state index in [9.17, 15) is 23.1 Å². The number of halogens is 3. The van der Waals surface area contributed by atoms with Crippen LogP contribution in [0.2, 0.25) is 0 Å². The molecule has 2 N–H and O–H groups in total. The van der Waals surface area contributed by atoms with Gasteiger partial charge in [0.25, 0.3) is 11.6 Å². The molecule has 0 saturated heterocycles. The fourth-order valence-corrected chi connectivity index (χ4v) is 2.88. The molecule has 27 heavy (non-hydrogen) atoms. The van der Waals surface area contributed by atoms with Crippen molar-refractivity contribution in [2.75, 3.05) is 21.3 Å². The van der Waals surface area contributed by atoms with Crippen LogP contribution in [0.1, 0.15) is 23.2 Å². The monoisotopic (exact) mass is 388 g/mol. The number of rotatable bonds is 5. The van der Waals surface area contributed by atoms with Crippen LogP contribution in [0.25, 0.3) is 0 Å². The molecule has 148 valence electrons. The molecule has 1 aliphatic carbocycles.